The van der Waals surface area contributed by atoms with Crippen LogP contribution in [0.15, 0.2) is 4.99 Å². The minimum atomic E-state index is 0. The molecule has 0 bridgehead atoms. The molecule has 1 aliphatic carbocycles. The van der Waals surface area contributed by atoms with Gasteiger partial charge in [-0.05, 0) is 32.6 Å². The van der Waals surface area contributed by atoms with Crippen molar-refractivity contribution >= 4 is 29.9 Å². The number of guanidine groups is 1. The van der Waals surface area contributed by atoms with E-state index < -0.39 is 0 Å². The van der Waals surface area contributed by atoms with Crippen LogP contribution in [-0.4, -0.2) is 38.8 Å². The van der Waals surface area contributed by atoms with Gasteiger partial charge < -0.3 is 15.4 Å². The average Bonchev–Trinajstić information content (AvgIpc) is 3.04. The van der Waals surface area contributed by atoms with Crippen molar-refractivity contribution < 1.29 is 4.74 Å². The van der Waals surface area contributed by atoms with Crippen molar-refractivity contribution in [1.82, 2.24) is 10.6 Å². The van der Waals surface area contributed by atoms with Crippen LogP contribution in [0.25, 0.3) is 0 Å². The lowest BCUT2D eigenvalue weighted by atomic mass is 10.4. The molecule has 0 aromatic carbocycles. The minimum absolute atomic E-state index is 0. The van der Waals surface area contributed by atoms with Gasteiger partial charge in [-0.15, -0.1) is 24.0 Å². The maximum Gasteiger partial charge on any atom is 0.191 e. The number of hydrogen-bond donors (Lipinski definition) is 2. The van der Waals surface area contributed by atoms with Gasteiger partial charge in [-0.1, -0.05) is 0 Å². The summed E-state index contributed by atoms with van der Waals surface area (Å²) < 4.78 is 5.25. The predicted molar refractivity (Wildman–Crippen MR) is 78.6 cm³/mol. The Kier molecular flexibility index (Phi) is 10.1. The van der Waals surface area contributed by atoms with Gasteiger partial charge >= 0.3 is 0 Å². The molecule has 1 aliphatic rings. The zero-order chi connectivity index (χ0) is 10.9. The van der Waals surface area contributed by atoms with Crippen LogP contribution in [0.1, 0.15) is 26.7 Å². The second-order valence-corrected chi connectivity index (χ2v) is 3.79. The number of nitrogens with zero attached hydrogens (tertiary/aromatic N) is 1. The van der Waals surface area contributed by atoms with Gasteiger partial charge in [-0.25, -0.2) is 0 Å². The molecule has 16 heavy (non-hydrogen) atoms. The molecule has 0 atom stereocenters. The molecule has 1 fully saturated rings. The fraction of sp³-hybridized carbons (Fsp3) is 0.909. The summed E-state index contributed by atoms with van der Waals surface area (Å²) in [7, 11) is 0. The Hall–Kier alpha value is -0.0400. The van der Waals surface area contributed by atoms with E-state index >= 15 is 0 Å². The van der Waals surface area contributed by atoms with E-state index in [0.717, 1.165) is 44.7 Å². The number of rotatable bonds is 7. The molecule has 1 saturated carbocycles. The van der Waals surface area contributed by atoms with Crippen molar-refractivity contribution in [2.24, 2.45) is 10.9 Å². The monoisotopic (exact) mass is 341 g/mol. The zero-order valence-corrected chi connectivity index (χ0v) is 12.6. The van der Waals surface area contributed by atoms with Crippen LogP contribution in [0.2, 0.25) is 0 Å². The summed E-state index contributed by atoms with van der Waals surface area (Å²) in [5.41, 5.74) is 0. The first-order valence-electron chi connectivity index (χ1n) is 5.96. The highest BCUT2D eigenvalue weighted by molar-refractivity contribution is 14.0. The Labute approximate surface area is 116 Å². The predicted octanol–water partition coefficient (Wildman–Crippen LogP) is 1.61. The molecule has 0 radical (unpaired) electrons. The molecule has 96 valence electrons. The molecule has 5 heteroatoms. The highest BCUT2D eigenvalue weighted by Crippen LogP contribution is 2.28. The topological polar surface area (TPSA) is 45.7 Å². The SMILES string of the molecule is CCNC(=NCC1CC1)NCCOCC.I. The Morgan fingerprint density at radius 3 is 2.62 bits per heavy atom. The summed E-state index contributed by atoms with van der Waals surface area (Å²) in [6, 6.07) is 0. The molecule has 4 nitrogen and oxygen atoms in total. The van der Waals surface area contributed by atoms with Gasteiger partial charge in [0.15, 0.2) is 5.96 Å². The Morgan fingerprint density at radius 1 is 1.31 bits per heavy atom. The lowest BCUT2D eigenvalue weighted by Crippen LogP contribution is -2.39. The number of hydrogen-bond acceptors (Lipinski definition) is 2. The van der Waals surface area contributed by atoms with Crippen LogP contribution in [0.3, 0.4) is 0 Å². The highest BCUT2D eigenvalue weighted by Gasteiger charge is 2.20. The third-order valence-corrected chi connectivity index (χ3v) is 2.29. The summed E-state index contributed by atoms with van der Waals surface area (Å²) in [5, 5.41) is 6.48. The molecule has 0 spiro atoms. The van der Waals surface area contributed by atoms with E-state index in [2.05, 4.69) is 22.5 Å². The summed E-state index contributed by atoms with van der Waals surface area (Å²) in [4.78, 5) is 4.51. The van der Waals surface area contributed by atoms with Gasteiger partial charge in [0.05, 0.1) is 6.61 Å². The van der Waals surface area contributed by atoms with E-state index in [0.29, 0.717) is 0 Å². The zero-order valence-electron chi connectivity index (χ0n) is 10.3. The fourth-order valence-corrected chi connectivity index (χ4v) is 1.25. The molecule has 0 unspecified atom stereocenters. The first-order valence-corrected chi connectivity index (χ1v) is 5.96. The molecular weight excluding hydrogens is 317 g/mol. The highest BCUT2D eigenvalue weighted by atomic mass is 127. The molecule has 2 N–H and O–H groups in total. The van der Waals surface area contributed by atoms with Gasteiger partial charge in [0.2, 0.25) is 0 Å². The fourth-order valence-electron chi connectivity index (χ4n) is 1.25. The van der Waals surface area contributed by atoms with Crippen LogP contribution >= 0.6 is 24.0 Å². The van der Waals surface area contributed by atoms with Crippen molar-refractivity contribution in [1.29, 1.82) is 0 Å². The quantitative estimate of drug-likeness (QED) is 0.320. The second-order valence-electron chi connectivity index (χ2n) is 3.79. The molecule has 0 heterocycles. The minimum Gasteiger partial charge on any atom is -0.380 e. The molecule has 0 aliphatic heterocycles. The van der Waals surface area contributed by atoms with Crippen molar-refractivity contribution in [2.45, 2.75) is 26.7 Å². The largest absolute Gasteiger partial charge is 0.380 e. The number of halogens is 1. The van der Waals surface area contributed by atoms with E-state index in [4.69, 9.17) is 4.74 Å². The lowest BCUT2D eigenvalue weighted by molar-refractivity contribution is 0.152. The third kappa shape index (κ3) is 8.15. The van der Waals surface area contributed by atoms with Gasteiger partial charge in [-0.2, -0.15) is 0 Å². The van der Waals surface area contributed by atoms with Crippen molar-refractivity contribution in [3.05, 3.63) is 0 Å². The molecule has 0 aromatic rings. The first-order chi connectivity index (χ1) is 7.36. The molecule has 0 amide bonds. The Bertz CT molecular complexity index is 196. The van der Waals surface area contributed by atoms with Crippen LogP contribution in [0.4, 0.5) is 0 Å². The Morgan fingerprint density at radius 2 is 2.06 bits per heavy atom. The maximum atomic E-state index is 5.25. The lowest BCUT2D eigenvalue weighted by Gasteiger charge is -2.10. The van der Waals surface area contributed by atoms with E-state index in [1.807, 2.05) is 6.92 Å². The third-order valence-electron chi connectivity index (χ3n) is 2.29. The van der Waals surface area contributed by atoms with Crippen molar-refractivity contribution in [3.8, 4) is 0 Å². The number of ether oxygens (including phenoxy) is 1. The smallest absolute Gasteiger partial charge is 0.191 e. The van der Waals surface area contributed by atoms with Gasteiger partial charge in [-0.3, -0.25) is 4.99 Å². The number of aliphatic imine (C=N–C) groups is 1. The maximum absolute atomic E-state index is 5.25. The first kappa shape index (κ1) is 16.0. The van der Waals surface area contributed by atoms with Crippen LogP contribution in [0, 0.1) is 5.92 Å². The van der Waals surface area contributed by atoms with E-state index in [1.165, 1.54) is 12.8 Å². The van der Waals surface area contributed by atoms with Crippen LogP contribution in [-0.2, 0) is 4.74 Å². The van der Waals surface area contributed by atoms with Crippen LogP contribution in [0.5, 0.6) is 0 Å². The average molecular weight is 341 g/mol. The molecule has 0 aromatic heterocycles. The van der Waals surface area contributed by atoms with Crippen molar-refractivity contribution in [2.75, 3.05) is 32.8 Å². The summed E-state index contributed by atoms with van der Waals surface area (Å²) in [5.74, 6) is 1.76. The summed E-state index contributed by atoms with van der Waals surface area (Å²) in [6.07, 6.45) is 2.70. The van der Waals surface area contributed by atoms with Crippen molar-refractivity contribution in [3.63, 3.8) is 0 Å². The second kappa shape index (κ2) is 10.1. The normalized spacial score (nSPS) is 15.5. The molecule has 0 saturated heterocycles. The molecule has 1 rings (SSSR count). The van der Waals surface area contributed by atoms with E-state index in [9.17, 15) is 0 Å². The standard InChI is InChI=1S/C11H23N3O.HI/c1-3-12-11(13-7-8-15-4-2)14-9-10-5-6-10;/h10H,3-9H2,1-2H3,(H2,12,13,14);1H. The molecular formula is C11H24IN3O. The Balaban J connectivity index is 0.00000225. The van der Waals surface area contributed by atoms with Crippen LogP contribution < -0.4 is 10.6 Å². The van der Waals surface area contributed by atoms with Gasteiger partial charge in [0.1, 0.15) is 0 Å². The summed E-state index contributed by atoms with van der Waals surface area (Å²) in [6.45, 7) is 8.30. The van der Waals surface area contributed by atoms with Gasteiger partial charge in [0, 0.05) is 26.2 Å². The summed E-state index contributed by atoms with van der Waals surface area (Å²) >= 11 is 0. The van der Waals surface area contributed by atoms with E-state index in [-0.39, 0.29) is 24.0 Å². The van der Waals surface area contributed by atoms with Gasteiger partial charge in [0.25, 0.3) is 0 Å². The number of nitrogens with one attached hydrogen (secondary N) is 2. The van der Waals surface area contributed by atoms with E-state index in [1.54, 1.807) is 0 Å².